The fraction of sp³-hybridized carbons (Fsp3) is 0.538. The van der Waals surface area contributed by atoms with Crippen LogP contribution in [0.25, 0.3) is 0 Å². The number of nitrogens with one attached hydrogen (secondary N) is 1. The van der Waals surface area contributed by atoms with Crippen LogP contribution in [0.2, 0.25) is 0 Å². The van der Waals surface area contributed by atoms with Gasteiger partial charge in [0.2, 0.25) is 5.91 Å². The van der Waals surface area contributed by atoms with E-state index < -0.39 is 0 Å². The van der Waals surface area contributed by atoms with E-state index in [1.165, 1.54) is 0 Å². The van der Waals surface area contributed by atoms with Crippen LogP contribution in [0, 0.1) is 5.92 Å². The molecule has 0 spiro atoms. The summed E-state index contributed by atoms with van der Waals surface area (Å²) in [7, 11) is 0. The van der Waals surface area contributed by atoms with Gasteiger partial charge in [-0.2, -0.15) is 0 Å². The first-order valence-corrected chi connectivity index (χ1v) is 6.60. The highest BCUT2D eigenvalue weighted by molar-refractivity contribution is 5.73. The largest absolute Gasteiger partial charge is 0.370 e. The third-order valence-corrected chi connectivity index (χ3v) is 3.54. The predicted octanol–water partition coefficient (Wildman–Crippen LogP) is 0.455. The summed E-state index contributed by atoms with van der Waals surface area (Å²) in [5.74, 6) is 6.28. The van der Waals surface area contributed by atoms with Crippen LogP contribution in [0.5, 0.6) is 0 Å². The van der Waals surface area contributed by atoms with Gasteiger partial charge in [0.05, 0.1) is 5.69 Å². The number of hydrogen-bond donors (Lipinski definition) is 3. The van der Waals surface area contributed by atoms with Crippen molar-refractivity contribution in [3.63, 3.8) is 0 Å². The number of nitrogen functional groups attached to an aromatic ring is 1. The number of amides is 1. The zero-order chi connectivity index (χ0) is 13.7. The molecule has 0 radical (unpaired) electrons. The Morgan fingerprint density at radius 2 is 2.16 bits per heavy atom. The smallest absolute Gasteiger partial charge is 0.217 e. The summed E-state index contributed by atoms with van der Waals surface area (Å²) in [5, 5.41) is 0. The Hall–Kier alpha value is -1.66. The lowest BCUT2D eigenvalue weighted by atomic mass is 9.93. The van der Waals surface area contributed by atoms with Gasteiger partial charge < -0.3 is 11.2 Å². The van der Waals surface area contributed by atoms with Crippen LogP contribution in [0.1, 0.15) is 25.0 Å². The number of hydrogen-bond acceptors (Lipinski definition) is 5. The van der Waals surface area contributed by atoms with E-state index in [-0.39, 0.29) is 5.91 Å². The number of carbonyl (C=O) groups is 1. The third-order valence-electron chi connectivity index (χ3n) is 3.54. The second-order valence-corrected chi connectivity index (χ2v) is 5.05. The Balaban J connectivity index is 1.83. The number of pyridine rings is 1. The molecule has 1 aliphatic rings. The van der Waals surface area contributed by atoms with Gasteiger partial charge in [-0.1, -0.05) is 6.07 Å². The van der Waals surface area contributed by atoms with Crippen molar-refractivity contribution in [1.82, 2.24) is 9.88 Å². The Bertz CT molecular complexity index is 429. The molecule has 5 N–H and O–H groups in total. The van der Waals surface area contributed by atoms with Crippen LogP contribution in [0.4, 0.5) is 5.82 Å². The molecule has 0 aliphatic carbocycles. The lowest BCUT2D eigenvalue weighted by Crippen LogP contribution is -2.34. The molecule has 2 heterocycles. The van der Waals surface area contributed by atoms with Gasteiger partial charge in [0.1, 0.15) is 5.82 Å². The molecule has 0 unspecified atom stereocenters. The summed E-state index contributed by atoms with van der Waals surface area (Å²) in [5.41, 5.74) is 8.79. The summed E-state index contributed by atoms with van der Waals surface area (Å²) in [6.45, 7) is 2.79. The number of hydrazine groups is 1. The van der Waals surface area contributed by atoms with Crippen LogP contribution >= 0.6 is 0 Å². The molecular weight excluding hydrogens is 242 g/mol. The first kappa shape index (κ1) is 13.8. The van der Waals surface area contributed by atoms with E-state index in [1.807, 2.05) is 18.2 Å². The van der Waals surface area contributed by atoms with Crippen molar-refractivity contribution in [2.75, 3.05) is 18.5 Å². The zero-order valence-corrected chi connectivity index (χ0v) is 11.0. The Morgan fingerprint density at radius 3 is 2.79 bits per heavy atom. The minimum Gasteiger partial charge on any atom is -0.370 e. The maximum Gasteiger partial charge on any atom is 0.217 e. The van der Waals surface area contributed by atoms with Gasteiger partial charge >= 0.3 is 0 Å². The molecule has 0 saturated carbocycles. The summed E-state index contributed by atoms with van der Waals surface area (Å²) in [6.07, 6.45) is 2.56. The number of anilines is 1. The van der Waals surface area contributed by atoms with Crippen LogP contribution in [-0.2, 0) is 11.3 Å². The maximum atomic E-state index is 10.9. The van der Waals surface area contributed by atoms with Crippen molar-refractivity contribution < 1.29 is 4.79 Å². The fourth-order valence-electron chi connectivity index (χ4n) is 2.51. The van der Waals surface area contributed by atoms with Gasteiger partial charge in [0.25, 0.3) is 0 Å². The van der Waals surface area contributed by atoms with Crippen molar-refractivity contribution in [3.8, 4) is 0 Å². The lowest BCUT2D eigenvalue weighted by Gasteiger charge is -2.31. The van der Waals surface area contributed by atoms with E-state index in [1.54, 1.807) is 0 Å². The van der Waals surface area contributed by atoms with Gasteiger partial charge in [-0.25, -0.2) is 10.8 Å². The number of nitrogens with zero attached hydrogens (tertiary/aromatic N) is 2. The maximum absolute atomic E-state index is 10.9. The molecule has 6 nitrogen and oxygen atoms in total. The van der Waals surface area contributed by atoms with E-state index in [0.29, 0.717) is 18.2 Å². The summed E-state index contributed by atoms with van der Waals surface area (Å²) >= 11 is 0. The van der Waals surface area contributed by atoms with Gasteiger partial charge in [-0.3, -0.25) is 9.69 Å². The van der Waals surface area contributed by atoms with E-state index >= 15 is 0 Å². The minimum atomic E-state index is -0.193. The van der Waals surface area contributed by atoms with Crippen LogP contribution in [0.15, 0.2) is 18.2 Å². The first-order valence-electron chi connectivity index (χ1n) is 6.60. The molecule has 0 bridgehead atoms. The van der Waals surface area contributed by atoms with Gasteiger partial charge in [0, 0.05) is 13.0 Å². The van der Waals surface area contributed by atoms with Crippen LogP contribution in [-0.4, -0.2) is 28.9 Å². The van der Waals surface area contributed by atoms with Crippen molar-refractivity contribution >= 4 is 11.7 Å². The van der Waals surface area contributed by atoms with Crippen LogP contribution < -0.4 is 17.0 Å². The Morgan fingerprint density at radius 1 is 1.42 bits per heavy atom. The molecule has 1 aliphatic heterocycles. The second kappa shape index (κ2) is 6.49. The topological polar surface area (TPSA) is 97.3 Å². The second-order valence-electron chi connectivity index (χ2n) is 5.05. The molecule has 0 atom stereocenters. The normalized spacial score (nSPS) is 17.3. The van der Waals surface area contributed by atoms with E-state index in [0.717, 1.165) is 38.2 Å². The molecule has 1 aromatic rings. The fourth-order valence-corrected chi connectivity index (χ4v) is 2.51. The number of piperidine rings is 1. The molecule has 1 saturated heterocycles. The van der Waals surface area contributed by atoms with Crippen molar-refractivity contribution in [3.05, 3.63) is 23.9 Å². The van der Waals surface area contributed by atoms with Crippen molar-refractivity contribution in [1.29, 1.82) is 0 Å². The number of aromatic nitrogens is 1. The average Bonchev–Trinajstić information content (AvgIpc) is 2.41. The number of primary amides is 1. The number of rotatable bonds is 5. The highest BCUT2D eigenvalue weighted by Crippen LogP contribution is 2.21. The summed E-state index contributed by atoms with van der Waals surface area (Å²) < 4.78 is 0. The minimum absolute atomic E-state index is 0.193. The monoisotopic (exact) mass is 263 g/mol. The van der Waals surface area contributed by atoms with E-state index in [9.17, 15) is 4.79 Å². The molecule has 1 aromatic heterocycles. The first-order chi connectivity index (χ1) is 9.17. The highest BCUT2D eigenvalue weighted by Gasteiger charge is 2.20. The Kier molecular flexibility index (Phi) is 4.70. The van der Waals surface area contributed by atoms with Gasteiger partial charge in [0.15, 0.2) is 0 Å². The number of nitrogens with two attached hydrogens (primary N) is 2. The van der Waals surface area contributed by atoms with E-state index in [4.69, 9.17) is 11.6 Å². The SMILES string of the molecule is NNc1cccc(CN2CCC(CC(N)=O)CC2)n1. The van der Waals surface area contributed by atoms with Crippen LogP contribution in [0.3, 0.4) is 0 Å². The summed E-state index contributed by atoms with van der Waals surface area (Å²) in [4.78, 5) is 17.6. The van der Waals surface area contributed by atoms with Gasteiger partial charge in [-0.15, -0.1) is 0 Å². The third kappa shape index (κ3) is 4.18. The predicted molar refractivity (Wildman–Crippen MR) is 73.9 cm³/mol. The molecule has 0 aromatic carbocycles. The summed E-state index contributed by atoms with van der Waals surface area (Å²) in [6, 6.07) is 5.77. The molecule has 19 heavy (non-hydrogen) atoms. The zero-order valence-electron chi connectivity index (χ0n) is 11.0. The quantitative estimate of drug-likeness (QED) is 0.529. The molecule has 2 rings (SSSR count). The van der Waals surface area contributed by atoms with E-state index in [2.05, 4.69) is 15.3 Å². The lowest BCUT2D eigenvalue weighted by molar-refractivity contribution is -0.119. The highest BCUT2D eigenvalue weighted by atomic mass is 16.1. The average molecular weight is 263 g/mol. The number of likely N-dealkylation sites (tertiary alicyclic amines) is 1. The molecule has 6 heteroatoms. The molecule has 104 valence electrons. The molecule has 1 fully saturated rings. The number of carbonyl (C=O) groups excluding carboxylic acids is 1. The van der Waals surface area contributed by atoms with Gasteiger partial charge in [-0.05, 0) is 44.0 Å². The Labute approximate surface area is 113 Å². The van der Waals surface area contributed by atoms with Crippen molar-refractivity contribution in [2.24, 2.45) is 17.5 Å². The van der Waals surface area contributed by atoms with Crippen molar-refractivity contribution in [2.45, 2.75) is 25.8 Å². The molecular formula is C13H21N5O. The standard InChI is InChI=1S/C13H21N5O/c14-12(19)8-10-4-6-18(7-5-10)9-11-2-1-3-13(16-11)17-15/h1-3,10H,4-9,15H2,(H2,14,19)(H,16,17). The molecule has 1 amide bonds.